The van der Waals surface area contributed by atoms with Crippen LogP contribution < -0.4 is 4.83 Å². The zero-order valence-corrected chi connectivity index (χ0v) is 13.5. The van der Waals surface area contributed by atoms with Crippen molar-refractivity contribution in [3.05, 3.63) is 0 Å². The summed E-state index contributed by atoms with van der Waals surface area (Å²) < 4.78 is 26.9. The fraction of sp³-hybridized carbons (Fsp3) is 0.917. The quantitative estimate of drug-likeness (QED) is 0.615. The number of nitrogens with zero attached hydrogens (tertiary/aromatic N) is 2. The molecule has 0 aromatic rings. The second-order valence-corrected chi connectivity index (χ2v) is 7.00. The van der Waals surface area contributed by atoms with Gasteiger partial charge in [-0.05, 0) is 40.2 Å². The maximum atomic E-state index is 12.0. The Morgan fingerprint density at radius 3 is 2.55 bits per heavy atom. The van der Waals surface area contributed by atoms with Crippen LogP contribution in [0, 0.1) is 5.92 Å². The third kappa shape index (κ3) is 5.74. The number of likely N-dealkylation sites (N-methyl/N-ethyl adjacent to an activating group) is 1. The van der Waals surface area contributed by atoms with Gasteiger partial charge in [0.2, 0.25) is 0 Å². The van der Waals surface area contributed by atoms with Crippen molar-refractivity contribution in [3.63, 3.8) is 0 Å². The Bertz CT molecular complexity index is 372. The molecule has 0 aromatic carbocycles. The molecule has 1 unspecified atom stereocenters. The van der Waals surface area contributed by atoms with Gasteiger partial charge in [-0.15, -0.1) is 0 Å². The van der Waals surface area contributed by atoms with E-state index in [9.17, 15) is 13.6 Å². The molecule has 1 heterocycles. The average molecular weight is 306 g/mol. The van der Waals surface area contributed by atoms with Gasteiger partial charge in [-0.2, -0.15) is 4.83 Å². The van der Waals surface area contributed by atoms with Crippen molar-refractivity contribution in [1.82, 2.24) is 14.7 Å². The lowest BCUT2D eigenvalue weighted by molar-refractivity contribution is 0.0158. The first kappa shape index (κ1) is 17.4. The Balaban J connectivity index is 2.69. The molecule has 3 atom stereocenters. The minimum atomic E-state index is -2.56. The Morgan fingerprint density at radius 2 is 2.15 bits per heavy atom. The minimum absolute atomic E-state index is 0.119. The van der Waals surface area contributed by atoms with Crippen LogP contribution in [0.5, 0.6) is 0 Å². The molecule has 1 aliphatic rings. The van der Waals surface area contributed by atoms with Crippen molar-refractivity contribution in [1.29, 1.82) is 0 Å². The van der Waals surface area contributed by atoms with Crippen molar-refractivity contribution >= 4 is 17.4 Å². The summed E-state index contributed by atoms with van der Waals surface area (Å²) in [6.45, 7) is 8.55. The molecular weight excluding hydrogens is 282 g/mol. The number of rotatable bonds is 4. The number of nitrogens with one attached hydrogen (secondary N) is 1. The highest BCUT2D eigenvalue weighted by molar-refractivity contribution is 7.77. The molecule has 1 N–H and O–H groups in total. The number of ether oxygens (including phenoxy) is 1. The van der Waals surface area contributed by atoms with E-state index in [1.54, 1.807) is 20.8 Å². The highest BCUT2D eigenvalue weighted by atomic mass is 32.2. The van der Waals surface area contributed by atoms with Gasteiger partial charge >= 0.3 is 6.09 Å². The predicted molar refractivity (Wildman–Crippen MR) is 75.2 cm³/mol. The Kier molecular flexibility index (Phi) is 5.93. The van der Waals surface area contributed by atoms with E-state index >= 15 is 0 Å². The molecule has 118 valence electrons. The number of likely N-dealkylation sites (tertiary alicyclic amines) is 1. The smallest absolute Gasteiger partial charge is 0.425 e. The molecule has 8 heteroatoms. The van der Waals surface area contributed by atoms with Crippen molar-refractivity contribution < 1.29 is 18.3 Å². The van der Waals surface area contributed by atoms with Crippen LogP contribution in [0.1, 0.15) is 34.1 Å². The maximum Gasteiger partial charge on any atom is 0.425 e. The van der Waals surface area contributed by atoms with Crippen LogP contribution in [-0.2, 0) is 16.0 Å². The van der Waals surface area contributed by atoms with Crippen molar-refractivity contribution in [2.75, 3.05) is 20.1 Å². The molecule has 1 saturated heterocycles. The molecule has 7 nitrogen and oxygen atoms in total. The molecular formula is C12H24N3O4S-. The van der Waals surface area contributed by atoms with Crippen LogP contribution in [0.15, 0.2) is 0 Å². The Hall–Kier alpha value is -0.700. The molecule has 1 amide bonds. The van der Waals surface area contributed by atoms with Crippen LogP contribution >= 0.6 is 0 Å². The largest absolute Gasteiger partial charge is 0.759 e. The van der Waals surface area contributed by atoms with Crippen LogP contribution in [0.25, 0.3) is 0 Å². The van der Waals surface area contributed by atoms with Crippen molar-refractivity contribution in [3.8, 4) is 0 Å². The molecule has 0 aliphatic carbocycles. The molecule has 0 bridgehead atoms. The van der Waals surface area contributed by atoms with Gasteiger partial charge in [0.25, 0.3) is 0 Å². The number of hydrogen-bond acceptors (Lipinski definition) is 5. The second kappa shape index (κ2) is 6.84. The lowest BCUT2D eigenvalue weighted by Gasteiger charge is -2.31. The van der Waals surface area contributed by atoms with Crippen LogP contribution in [0.4, 0.5) is 4.79 Å². The summed E-state index contributed by atoms with van der Waals surface area (Å²) in [5.74, 6) is 0.531. The summed E-state index contributed by atoms with van der Waals surface area (Å²) in [4.78, 5) is 16.3. The highest BCUT2D eigenvalue weighted by Gasteiger charge is 2.31. The van der Waals surface area contributed by atoms with E-state index in [1.807, 2.05) is 7.05 Å². The SMILES string of the molecule is C[C@H]1C[C@@H](CN(NS(=O)[O-])C(=O)OC(C)(C)C)N(C)C1. The van der Waals surface area contributed by atoms with Gasteiger partial charge in [0.1, 0.15) is 5.60 Å². The third-order valence-corrected chi connectivity index (χ3v) is 3.46. The van der Waals surface area contributed by atoms with Gasteiger partial charge in [-0.1, -0.05) is 6.92 Å². The van der Waals surface area contributed by atoms with Crippen LogP contribution in [-0.4, -0.2) is 56.5 Å². The zero-order chi connectivity index (χ0) is 15.5. The van der Waals surface area contributed by atoms with Gasteiger partial charge in [-0.25, -0.2) is 9.80 Å². The molecule has 1 fully saturated rings. The topological polar surface area (TPSA) is 84.9 Å². The average Bonchev–Trinajstić information content (AvgIpc) is 2.53. The van der Waals surface area contributed by atoms with Gasteiger partial charge in [0, 0.05) is 23.9 Å². The summed E-state index contributed by atoms with van der Waals surface area (Å²) in [5, 5.41) is 1.02. The lowest BCUT2D eigenvalue weighted by atomic mass is 10.1. The first-order chi connectivity index (χ1) is 9.08. The van der Waals surface area contributed by atoms with Gasteiger partial charge < -0.3 is 14.2 Å². The molecule has 0 saturated carbocycles. The normalized spacial score (nSPS) is 25.5. The van der Waals surface area contributed by atoms with E-state index in [0.717, 1.165) is 18.0 Å². The van der Waals surface area contributed by atoms with E-state index in [-0.39, 0.29) is 12.6 Å². The van der Waals surface area contributed by atoms with Crippen molar-refractivity contribution in [2.24, 2.45) is 5.92 Å². The molecule has 20 heavy (non-hydrogen) atoms. The van der Waals surface area contributed by atoms with Crippen molar-refractivity contribution in [2.45, 2.75) is 45.8 Å². The minimum Gasteiger partial charge on any atom is -0.759 e. The first-order valence-electron chi connectivity index (χ1n) is 6.65. The molecule has 0 radical (unpaired) electrons. The maximum absolute atomic E-state index is 12.0. The fourth-order valence-corrected chi connectivity index (χ4v) is 2.67. The van der Waals surface area contributed by atoms with E-state index in [2.05, 4.69) is 16.7 Å². The third-order valence-electron chi connectivity index (χ3n) is 3.09. The summed E-state index contributed by atoms with van der Waals surface area (Å²) >= 11 is -2.56. The van der Waals surface area contributed by atoms with Crippen LogP contribution in [0.3, 0.4) is 0 Å². The van der Waals surface area contributed by atoms with Gasteiger partial charge in [-0.3, -0.25) is 4.21 Å². The first-order valence-corrected chi connectivity index (χ1v) is 7.72. The summed E-state index contributed by atoms with van der Waals surface area (Å²) in [6, 6.07) is 0.119. The molecule has 0 aromatic heterocycles. The van der Waals surface area contributed by atoms with Crippen LogP contribution in [0.2, 0.25) is 0 Å². The summed E-state index contributed by atoms with van der Waals surface area (Å²) in [6.07, 6.45) is 0.234. The van der Waals surface area contributed by atoms with E-state index < -0.39 is 23.0 Å². The Morgan fingerprint density at radius 1 is 1.55 bits per heavy atom. The predicted octanol–water partition coefficient (Wildman–Crippen LogP) is 0.862. The number of carbonyl (C=O) groups is 1. The van der Waals surface area contributed by atoms with E-state index in [1.165, 1.54) is 0 Å². The number of carbonyl (C=O) groups excluding carboxylic acids is 1. The monoisotopic (exact) mass is 306 g/mol. The fourth-order valence-electron chi connectivity index (χ4n) is 2.34. The molecule has 1 aliphatic heterocycles. The molecule has 0 spiro atoms. The second-order valence-electron chi connectivity index (χ2n) is 6.35. The highest BCUT2D eigenvalue weighted by Crippen LogP contribution is 2.22. The number of hydrogen-bond donors (Lipinski definition) is 1. The van der Waals surface area contributed by atoms with E-state index in [0.29, 0.717) is 5.92 Å². The Labute approximate surface area is 123 Å². The number of hydrazine groups is 1. The number of amides is 1. The summed E-state index contributed by atoms with van der Waals surface area (Å²) in [7, 11) is 1.97. The summed E-state index contributed by atoms with van der Waals surface area (Å²) in [5.41, 5.74) is -0.670. The molecule has 1 rings (SSSR count). The lowest BCUT2D eigenvalue weighted by Crippen LogP contribution is -2.51. The van der Waals surface area contributed by atoms with Gasteiger partial charge in [0.15, 0.2) is 0 Å². The standard InChI is InChI=1S/C12H25N3O4S/c1-9-6-10(14(5)7-9)8-15(13-20(17)18)11(16)19-12(2,3)4/h9-10,13H,6-8H2,1-5H3,(H,17,18)/p-1/t9-,10-/m0/s1. The van der Waals surface area contributed by atoms with E-state index in [4.69, 9.17) is 4.74 Å². The van der Waals surface area contributed by atoms with Gasteiger partial charge in [0.05, 0.1) is 6.54 Å². The zero-order valence-electron chi connectivity index (χ0n) is 12.7.